The van der Waals surface area contributed by atoms with Crippen LogP contribution in [0.5, 0.6) is 5.75 Å². The Morgan fingerprint density at radius 1 is 1.05 bits per heavy atom. The van der Waals surface area contributed by atoms with E-state index in [0.717, 1.165) is 41.7 Å². The molecule has 1 aromatic carbocycles. The van der Waals surface area contributed by atoms with Crippen LogP contribution in [0.15, 0.2) is 60.0 Å². The molecule has 0 atom stereocenters. The molecule has 4 aromatic rings. The highest BCUT2D eigenvalue weighted by atomic mass is 32.1. The van der Waals surface area contributed by atoms with Gasteiger partial charge in [-0.3, -0.25) is 19.3 Å². The maximum Gasteiger partial charge on any atom is 0.281 e. The van der Waals surface area contributed by atoms with Gasteiger partial charge in [-0.15, -0.1) is 11.3 Å². The second-order valence-electron chi connectivity index (χ2n) is 8.85. The van der Waals surface area contributed by atoms with Crippen molar-refractivity contribution < 1.29 is 14.7 Å². The number of carbonyl (C=O) groups is 2. The van der Waals surface area contributed by atoms with E-state index in [9.17, 15) is 14.7 Å². The number of hydrogen-bond donors (Lipinski definition) is 3. The molecule has 188 valence electrons. The number of benzene rings is 1. The quantitative estimate of drug-likeness (QED) is 0.256. The highest BCUT2D eigenvalue weighted by Crippen LogP contribution is 2.35. The number of hydrogen-bond acceptors (Lipinski definition) is 7. The fraction of sp³-hybridized carbons (Fsp3) is 0.222. The van der Waals surface area contributed by atoms with Crippen LogP contribution in [0.4, 0.5) is 0 Å². The van der Waals surface area contributed by atoms with Crippen molar-refractivity contribution in [2.24, 2.45) is 12.1 Å². The van der Waals surface area contributed by atoms with E-state index in [0.29, 0.717) is 33.4 Å². The van der Waals surface area contributed by atoms with Gasteiger partial charge in [0, 0.05) is 31.5 Å². The first-order chi connectivity index (χ1) is 17.9. The molecule has 0 spiro atoms. The molecule has 0 radical (unpaired) electrons. The summed E-state index contributed by atoms with van der Waals surface area (Å²) in [5.74, 6) is -0.704. The third-order valence-electron chi connectivity index (χ3n) is 6.32. The summed E-state index contributed by atoms with van der Waals surface area (Å²) in [5.41, 5.74) is 8.24. The van der Waals surface area contributed by atoms with E-state index in [-0.39, 0.29) is 11.7 Å². The van der Waals surface area contributed by atoms with Crippen LogP contribution < -0.4 is 10.7 Å². The standard InChI is InChI=1S/C27H26N6O3S/c1-16(23-25(34)24(33(2)32-23)20-7-6-18-4-3-5-19(18)14-20)30-31-27(36)22-9-8-21(37-22)26(35)29-15-17-10-12-28-13-11-17/h6-14,34H,3-5,15H2,1-2H3,(H,29,35)(H,31,36). The average molecular weight is 515 g/mol. The number of aromatic nitrogens is 3. The molecule has 9 nitrogen and oxygen atoms in total. The fourth-order valence-electron chi connectivity index (χ4n) is 4.39. The number of aryl methyl sites for hydroxylation is 3. The fourth-order valence-corrected chi connectivity index (χ4v) is 5.21. The lowest BCUT2D eigenvalue weighted by Crippen LogP contribution is -2.21. The largest absolute Gasteiger partial charge is 0.504 e. The summed E-state index contributed by atoms with van der Waals surface area (Å²) in [6.07, 6.45) is 6.60. The van der Waals surface area contributed by atoms with Crippen LogP contribution in [0.3, 0.4) is 0 Å². The highest BCUT2D eigenvalue weighted by molar-refractivity contribution is 7.15. The molecular formula is C27H26N6O3S. The minimum absolute atomic E-state index is 0.0141. The van der Waals surface area contributed by atoms with Crippen molar-refractivity contribution in [2.45, 2.75) is 32.7 Å². The summed E-state index contributed by atoms with van der Waals surface area (Å²) < 4.78 is 1.62. The Morgan fingerprint density at radius 2 is 1.78 bits per heavy atom. The third kappa shape index (κ3) is 5.14. The van der Waals surface area contributed by atoms with Crippen LogP contribution >= 0.6 is 11.3 Å². The van der Waals surface area contributed by atoms with E-state index >= 15 is 0 Å². The van der Waals surface area contributed by atoms with Gasteiger partial charge in [0.1, 0.15) is 5.69 Å². The first-order valence-corrected chi connectivity index (χ1v) is 12.7. The molecule has 3 N–H and O–H groups in total. The lowest BCUT2D eigenvalue weighted by atomic mass is 10.0. The van der Waals surface area contributed by atoms with Gasteiger partial charge in [0.15, 0.2) is 11.4 Å². The van der Waals surface area contributed by atoms with Crippen LogP contribution in [0, 0.1) is 0 Å². The zero-order valence-electron chi connectivity index (χ0n) is 20.5. The Bertz CT molecular complexity index is 1510. The third-order valence-corrected chi connectivity index (χ3v) is 7.40. The predicted molar refractivity (Wildman–Crippen MR) is 142 cm³/mol. The first-order valence-electron chi connectivity index (χ1n) is 11.9. The Balaban J connectivity index is 1.25. The number of nitrogens with one attached hydrogen (secondary N) is 2. The van der Waals surface area contributed by atoms with Crippen LogP contribution in [-0.2, 0) is 26.4 Å². The summed E-state index contributed by atoms with van der Waals surface area (Å²) in [4.78, 5) is 29.8. The van der Waals surface area contributed by atoms with Crippen LogP contribution in [-0.4, -0.2) is 37.4 Å². The first kappa shape index (κ1) is 24.4. The Hall–Kier alpha value is -4.31. The normalized spacial score (nSPS) is 12.9. The van der Waals surface area contributed by atoms with Gasteiger partial charge >= 0.3 is 0 Å². The van der Waals surface area contributed by atoms with Gasteiger partial charge in [-0.1, -0.05) is 12.1 Å². The van der Waals surface area contributed by atoms with Crippen LogP contribution in [0.25, 0.3) is 11.3 Å². The minimum Gasteiger partial charge on any atom is -0.504 e. The number of thiophene rings is 1. The number of aromatic hydroxyl groups is 1. The summed E-state index contributed by atoms with van der Waals surface area (Å²) >= 11 is 1.07. The average Bonchev–Trinajstić information content (AvgIpc) is 3.65. The van der Waals surface area contributed by atoms with Crippen LogP contribution in [0.1, 0.15) is 55.1 Å². The molecule has 5 rings (SSSR count). The number of fused-ring (bicyclic) bond motifs is 1. The van der Waals surface area contributed by atoms with Gasteiger partial charge in [-0.2, -0.15) is 10.2 Å². The Morgan fingerprint density at radius 3 is 2.57 bits per heavy atom. The van der Waals surface area contributed by atoms with Gasteiger partial charge in [0.2, 0.25) is 0 Å². The number of carbonyl (C=O) groups excluding carboxylic acids is 2. The molecule has 3 heterocycles. The monoisotopic (exact) mass is 514 g/mol. The van der Waals surface area contributed by atoms with E-state index in [2.05, 4.69) is 38.1 Å². The van der Waals surface area contributed by atoms with Gasteiger partial charge in [-0.25, -0.2) is 5.43 Å². The Kier molecular flexibility index (Phi) is 6.82. The predicted octanol–water partition coefficient (Wildman–Crippen LogP) is 3.82. The smallest absolute Gasteiger partial charge is 0.281 e. The van der Waals surface area contributed by atoms with Crippen molar-refractivity contribution in [1.82, 2.24) is 25.5 Å². The van der Waals surface area contributed by atoms with Crippen molar-refractivity contribution >= 4 is 28.9 Å². The molecule has 2 amide bonds. The molecule has 0 saturated carbocycles. The summed E-state index contributed by atoms with van der Waals surface area (Å²) in [6, 6.07) is 13.0. The van der Waals surface area contributed by atoms with Crippen LogP contribution in [0.2, 0.25) is 0 Å². The van der Waals surface area contributed by atoms with E-state index in [1.165, 1.54) is 11.1 Å². The summed E-state index contributed by atoms with van der Waals surface area (Å²) in [6.45, 7) is 2.03. The van der Waals surface area contributed by atoms with Gasteiger partial charge < -0.3 is 10.4 Å². The van der Waals surface area contributed by atoms with E-state index in [4.69, 9.17) is 0 Å². The molecule has 0 bridgehead atoms. The number of amides is 2. The second-order valence-corrected chi connectivity index (χ2v) is 9.93. The summed E-state index contributed by atoms with van der Waals surface area (Å²) in [5, 5.41) is 22.3. The molecule has 0 saturated heterocycles. The van der Waals surface area contributed by atoms with Crippen molar-refractivity contribution in [3.8, 4) is 17.0 Å². The lowest BCUT2D eigenvalue weighted by Gasteiger charge is -2.06. The molecule has 1 aliphatic carbocycles. The van der Waals surface area contributed by atoms with Crippen molar-refractivity contribution in [3.63, 3.8) is 0 Å². The van der Waals surface area contributed by atoms with Crippen molar-refractivity contribution in [2.75, 3.05) is 0 Å². The minimum atomic E-state index is -0.452. The second kappa shape index (κ2) is 10.4. The summed E-state index contributed by atoms with van der Waals surface area (Å²) in [7, 11) is 1.77. The molecule has 10 heteroatoms. The molecule has 37 heavy (non-hydrogen) atoms. The van der Waals surface area contributed by atoms with E-state index in [1.807, 2.05) is 18.2 Å². The lowest BCUT2D eigenvalue weighted by molar-refractivity contribution is 0.0950. The number of nitrogens with zero attached hydrogens (tertiary/aromatic N) is 4. The van der Waals surface area contributed by atoms with Crippen molar-refractivity contribution in [3.05, 3.63) is 87.0 Å². The molecular weight excluding hydrogens is 488 g/mol. The topological polar surface area (TPSA) is 122 Å². The molecule has 0 fully saturated rings. The SMILES string of the molecule is CC(=NNC(=O)c1ccc(C(=O)NCc2ccncc2)s1)c1nn(C)c(-c2ccc3c(c2)CCC3)c1O. The Labute approximate surface area is 217 Å². The number of pyridine rings is 1. The number of rotatable bonds is 7. The molecule has 0 aliphatic heterocycles. The maximum atomic E-state index is 12.6. The van der Waals surface area contributed by atoms with E-state index < -0.39 is 5.91 Å². The zero-order chi connectivity index (χ0) is 25.9. The number of hydrazone groups is 1. The maximum absolute atomic E-state index is 12.6. The highest BCUT2D eigenvalue weighted by Gasteiger charge is 2.21. The molecule has 3 aromatic heterocycles. The van der Waals surface area contributed by atoms with Gasteiger partial charge in [-0.05, 0) is 73.2 Å². The molecule has 0 unspecified atom stereocenters. The zero-order valence-corrected chi connectivity index (χ0v) is 21.3. The van der Waals surface area contributed by atoms with E-state index in [1.54, 1.807) is 43.2 Å². The van der Waals surface area contributed by atoms with Gasteiger partial charge in [0.05, 0.1) is 15.5 Å². The van der Waals surface area contributed by atoms with Gasteiger partial charge in [0.25, 0.3) is 11.8 Å². The molecule has 1 aliphatic rings. The van der Waals surface area contributed by atoms with Crippen molar-refractivity contribution in [1.29, 1.82) is 0 Å².